The second kappa shape index (κ2) is 14.0. The molecule has 0 spiro atoms. The maximum atomic E-state index is 2.50. The van der Waals surface area contributed by atoms with E-state index in [0.29, 0.717) is 0 Å². The largest absolute Gasteiger partial charge is 0.310 e. The molecule has 65 heavy (non-hydrogen) atoms. The minimum atomic E-state index is 1.10. The van der Waals surface area contributed by atoms with Gasteiger partial charge in [0.25, 0.3) is 0 Å². The van der Waals surface area contributed by atoms with Gasteiger partial charge in [-0.05, 0) is 144 Å². The van der Waals surface area contributed by atoms with Gasteiger partial charge < -0.3 is 4.90 Å². The van der Waals surface area contributed by atoms with E-state index in [-0.39, 0.29) is 0 Å². The molecular formula is C64H39N. The Bertz CT molecular complexity index is 4210. The van der Waals surface area contributed by atoms with Gasteiger partial charge in [0.15, 0.2) is 0 Å². The van der Waals surface area contributed by atoms with Gasteiger partial charge in [-0.25, -0.2) is 0 Å². The topological polar surface area (TPSA) is 3.24 Å². The third-order valence-electron chi connectivity index (χ3n) is 14.1. The van der Waals surface area contributed by atoms with Crippen LogP contribution in [0.2, 0.25) is 0 Å². The molecule has 0 aliphatic carbocycles. The fourth-order valence-electron chi connectivity index (χ4n) is 11.2. The molecule has 0 saturated carbocycles. The van der Waals surface area contributed by atoms with Crippen molar-refractivity contribution in [2.45, 2.75) is 0 Å². The van der Waals surface area contributed by atoms with Crippen LogP contribution in [-0.4, -0.2) is 0 Å². The van der Waals surface area contributed by atoms with Crippen molar-refractivity contribution in [1.82, 2.24) is 0 Å². The number of nitrogens with zero attached hydrogens (tertiary/aromatic N) is 1. The molecule has 14 aromatic carbocycles. The zero-order valence-electron chi connectivity index (χ0n) is 35.5. The average Bonchev–Trinajstić information content (AvgIpc) is 3.37. The van der Waals surface area contributed by atoms with Gasteiger partial charge in [-0.2, -0.15) is 0 Å². The number of fused-ring (bicyclic) bond motifs is 6. The minimum absolute atomic E-state index is 1.10. The van der Waals surface area contributed by atoms with Crippen LogP contribution in [0.15, 0.2) is 237 Å². The standard InChI is InChI=1S/C64H39N/c1-3-17-51-42(11-1)13-7-21-52(51)43-27-25-40(26-28-43)41-33-35-49(36-34-41)65(60-38-47-12-2-4-18-53(47)54-19-5-6-20-55(54)60)50-37-48-32-31-46-15-9-23-57-56-22-8-14-44-29-30-45-16-10-24-58(63(45)61(44)56)59(39-50)64(48)62(46)57/h1-39H. The summed E-state index contributed by atoms with van der Waals surface area (Å²) in [5.41, 5.74) is 8.22. The molecule has 0 aliphatic rings. The van der Waals surface area contributed by atoms with Crippen LogP contribution in [0.4, 0.5) is 17.1 Å². The Balaban J connectivity index is 1.02. The van der Waals surface area contributed by atoms with E-state index in [9.17, 15) is 0 Å². The van der Waals surface area contributed by atoms with Gasteiger partial charge in [-0.1, -0.05) is 206 Å². The van der Waals surface area contributed by atoms with E-state index in [1.807, 2.05) is 0 Å². The lowest BCUT2D eigenvalue weighted by molar-refractivity contribution is 1.31. The molecule has 300 valence electrons. The summed E-state index contributed by atoms with van der Waals surface area (Å²) < 4.78 is 0. The van der Waals surface area contributed by atoms with Gasteiger partial charge in [0, 0.05) is 16.8 Å². The van der Waals surface area contributed by atoms with E-state index in [4.69, 9.17) is 0 Å². The number of benzene rings is 13. The molecule has 0 unspecified atom stereocenters. The van der Waals surface area contributed by atoms with Crippen LogP contribution in [0.1, 0.15) is 0 Å². The predicted octanol–water partition coefficient (Wildman–Crippen LogP) is 18.3. The Hall–Kier alpha value is -8.52. The van der Waals surface area contributed by atoms with Crippen molar-refractivity contribution in [2.24, 2.45) is 0 Å². The molecule has 0 saturated heterocycles. The summed E-state index contributed by atoms with van der Waals surface area (Å²) in [4.78, 5) is 2.50. The number of hydrogen-bond donors (Lipinski definition) is 0. The number of anilines is 3. The minimum Gasteiger partial charge on any atom is -0.310 e. The molecule has 0 bridgehead atoms. The first-order valence-electron chi connectivity index (χ1n) is 22.6. The van der Waals surface area contributed by atoms with Crippen LogP contribution in [0.5, 0.6) is 0 Å². The molecule has 14 aromatic rings. The first kappa shape index (κ1) is 36.0. The summed E-state index contributed by atoms with van der Waals surface area (Å²) in [7, 11) is 0. The summed E-state index contributed by atoms with van der Waals surface area (Å²) in [6, 6.07) is 88.2. The monoisotopic (exact) mass is 821 g/mol. The molecule has 1 heteroatoms. The van der Waals surface area contributed by atoms with Crippen molar-refractivity contribution in [3.8, 4) is 22.3 Å². The summed E-state index contributed by atoms with van der Waals surface area (Å²) in [5.74, 6) is 0. The Morgan fingerprint density at radius 1 is 0.215 bits per heavy atom. The van der Waals surface area contributed by atoms with Gasteiger partial charge in [-0.3, -0.25) is 0 Å². The van der Waals surface area contributed by atoms with Crippen molar-refractivity contribution in [3.05, 3.63) is 237 Å². The van der Waals surface area contributed by atoms with E-state index in [1.165, 1.54) is 119 Å². The lowest BCUT2D eigenvalue weighted by Crippen LogP contribution is -2.11. The third-order valence-corrected chi connectivity index (χ3v) is 14.1. The molecule has 0 aromatic heterocycles. The quantitative estimate of drug-likeness (QED) is 0.156. The highest BCUT2D eigenvalue weighted by atomic mass is 15.1. The lowest BCUT2D eigenvalue weighted by atomic mass is 9.87. The fraction of sp³-hybridized carbons (Fsp3) is 0. The Labute approximate surface area is 376 Å². The van der Waals surface area contributed by atoms with Crippen LogP contribution < -0.4 is 4.90 Å². The van der Waals surface area contributed by atoms with Crippen LogP contribution >= 0.6 is 0 Å². The molecular weight excluding hydrogens is 783 g/mol. The average molecular weight is 822 g/mol. The van der Waals surface area contributed by atoms with E-state index >= 15 is 0 Å². The smallest absolute Gasteiger partial charge is 0.0546 e. The summed E-state index contributed by atoms with van der Waals surface area (Å²) >= 11 is 0. The van der Waals surface area contributed by atoms with Crippen LogP contribution in [0.25, 0.3) is 119 Å². The fourth-order valence-corrected chi connectivity index (χ4v) is 11.2. The van der Waals surface area contributed by atoms with Crippen molar-refractivity contribution in [2.75, 3.05) is 4.90 Å². The van der Waals surface area contributed by atoms with Crippen LogP contribution in [0.3, 0.4) is 0 Å². The molecule has 0 aliphatic heterocycles. The van der Waals surface area contributed by atoms with E-state index in [2.05, 4.69) is 241 Å². The predicted molar refractivity (Wildman–Crippen MR) is 281 cm³/mol. The first-order chi connectivity index (χ1) is 32.2. The van der Waals surface area contributed by atoms with Crippen molar-refractivity contribution in [1.29, 1.82) is 0 Å². The Morgan fingerprint density at radius 2 is 0.662 bits per heavy atom. The van der Waals surface area contributed by atoms with Gasteiger partial charge in [0.1, 0.15) is 0 Å². The van der Waals surface area contributed by atoms with Crippen LogP contribution in [-0.2, 0) is 0 Å². The molecule has 0 heterocycles. The normalized spacial score (nSPS) is 12.0. The van der Waals surface area contributed by atoms with Crippen LogP contribution in [0, 0.1) is 0 Å². The number of hydrogen-bond acceptors (Lipinski definition) is 1. The zero-order chi connectivity index (χ0) is 42.6. The molecule has 0 amide bonds. The zero-order valence-corrected chi connectivity index (χ0v) is 35.5. The lowest BCUT2D eigenvalue weighted by Gasteiger charge is -2.29. The molecule has 14 rings (SSSR count). The maximum absolute atomic E-state index is 2.50. The highest BCUT2D eigenvalue weighted by Gasteiger charge is 2.21. The maximum Gasteiger partial charge on any atom is 0.0546 e. The summed E-state index contributed by atoms with van der Waals surface area (Å²) in [6.07, 6.45) is 0. The van der Waals surface area contributed by atoms with Gasteiger partial charge in [0.05, 0.1) is 5.69 Å². The molecule has 0 fully saturated rings. The summed E-state index contributed by atoms with van der Waals surface area (Å²) in [6.45, 7) is 0. The Morgan fingerprint density at radius 3 is 1.32 bits per heavy atom. The SMILES string of the molecule is c1ccc2c(-c3ccc(-c4ccc(N(c5cc6ccc7cccc8c9cccc%10ccc%11cccc(c(c5)c6c78)c%11c%109)c5cc6ccccc6c6ccccc56)cc4)cc3)cccc2c1. The van der Waals surface area contributed by atoms with Gasteiger partial charge in [0.2, 0.25) is 0 Å². The third kappa shape index (κ3) is 5.46. The second-order valence-corrected chi connectivity index (χ2v) is 17.6. The van der Waals surface area contributed by atoms with E-state index in [0.717, 1.165) is 17.1 Å². The molecule has 0 N–H and O–H groups in total. The molecule has 1 nitrogen and oxygen atoms in total. The van der Waals surface area contributed by atoms with Gasteiger partial charge >= 0.3 is 0 Å². The highest BCUT2D eigenvalue weighted by molar-refractivity contribution is 6.37. The summed E-state index contributed by atoms with van der Waals surface area (Å²) in [5, 5.41) is 22.8. The Kier molecular flexibility index (Phi) is 7.75. The van der Waals surface area contributed by atoms with Crippen molar-refractivity contribution >= 4 is 114 Å². The second-order valence-electron chi connectivity index (χ2n) is 17.6. The molecule has 0 radical (unpaired) electrons. The van der Waals surface area contributed by atoms with Gasteiger partial charge in [-0.15, -0.1) is 0 Å². The van der Waals surface area contributed by atoms with E-state index < -0.39 is 0 Å². The van der Waals surface area contributed by atoms with Crippen molar-refractivity contribution in [3.63, 3.8) is 0 Å². The number of rotatable bonds is 5. The van der Waals surface area contributed by atoms with Crippen molar-refractivity contribution < 1.29 is 0 Å². The first-order valence-corrected chi connectivity index (χ1v) is 22.6. The molecule has 0 atom stereocenters. The van der Waals surface area contributed by atoms with E-state index in [1.54, 1.807) is 0 Å². The highest BCUT2D eigenvalue weighted by Crippen LogP contribution is 2.48.